The highest BCUT2D eigenvalue weighted by Crippen LogP contribution is 2.55. The maximum absolute atomic E-state index is 2.67. The first-order valence-electron chi connectivity index (χ1n) is 26.5. The molecular formula is C64H96. The van der Waals surface area contributed by atoms with E-state index in [0.717, 1.165) is 19.3 Å². The third-order valence-corrected chi connectivity index (χ3v) is 15.6. The number of benzene rings is 3. The Hall–Kier alpha value is -3.38. The molecule has 3 aromatic rings. The summed E-state index contributed by atoms with van der Waals surface area (Å²) in [7, 11) is 0. The number of unbranched alkanes of at least 4 members (excludes halogenated alkanes) is 10. The molecule has 0 bridgehead atoms. The second-order valence-corrected chi connectivity index (χ2v) is 22.5. The average Bonchev–Trinajstić information content (AvgIpc) is 3.52. The van der Waals surface area contributed by atoms with Gasteiger partial charge in [-0.3, -0.25) is 0 Å². The molecule has 0 heteroatoms. The van der Waals surface area contributed by atoms with E-state index >= 15 is 0 Å². The van der Waals surface area contributed by atoms with Crippen LogP contribution in [0.25, 0.3) is 27.8 Å². The first-order chi connectivity index (χ1) is 30.3. The molecule has 1 aliphatic rings. The third kappa shape index (κ3) is 12.9. The fraction of sp³-hybridized carbons (Fsp3) is 0.594. The minimum atomic E-state index is 0.0619. The predicted octanol–water partition coefficient (Wildman–Crippen LogP) is 21.0. The first-order valence-corrected chi connectivity index (χ1v) is 26.5. The SMILES string of the molecule is CCCCCCCCC1(CCCCCCCC)c2cc(/C(C)=C(C)/C=C(\CCC)c3ccc(/C(C)=C/C(C)=C(\C)C(C)(C)C)c(C(C)CC)c3C)ccc2-c2ccc(C(C)(C)C)cc21. The molecule has 0 aliphatic heterocycles. The van der Waals surface area contributed by atoms with E-state index in [1.54, 1.807) is 11.1 Å². The maximum atomic E-state index is 2.67. The van der Waals surface area contributed by atoms with Gasteiger partial charge in [0.25, 0.3) is 0 Å². The summed E-state index contributed by atoms with van der Waals surface area (Å²) in [5, 5.41) is 0. The number of rotatable bonds is 23. The predicted molar refractivity (Wildman–Crippen MR) is 290 cm³/mol. The molecule has 4 rings (SSSR count). The minimum absolute atomic E-state index is 0.0619. The Morgan fingerprint density at radius 2 is 1.12 bits per heavy atom. The highest BCUT2D eigenvalue weighted by Gasteiger charge is 2.43. The van der Waals surface area contributed by atoms with E-state index in [0.29, 0.717) is 5.92 Å². The van der Waals surface area contributed by atoms with Crippen molar-refractivity contribution in [3.8, 4) is 11.1 Å². The van der Waals surface area contributed by atoms with Crippen LogP contribution in [0.1, 0.15) is 270 Å². The number of hydrogen-bond donors (Lipinski definition) is 0. The number of hydrogen-bond acceptors (Lipinski definition) is 0. The monoisotopic (exact) mass is 865 g/mol. The standard InChI is InChI=1S/C64H96/c1-18-22-24-26-28-30-39-64(40-31-29-27-25-23-19-2)59-43-52(33-35-57(59)58-36-34-54(44-60(58)64)63(15,16)17)49(9)46(6)42-53(32-20-3)56-38-37-55(61(50(56)10)45(5)21-4)48(8)41-47(7)51(11)62(12,13)14/h33-38,41-45H,18-32,39-40H2,1-17H3/b48-41+,49-46+,51-47+,53-42+. The largest absolute Gasteiger partial charge is 0.0654 e. The fourth-order valence-electron chi connectivity index (χ4n) is 10.8. The van der Waals surface area contributed by atoms with Gasteiger partial charge in [0.1, 0.15) is 0 Å². The van der Waals surface area contributed by atoms with Gasteiger partial charge in [-0.1, -0.05) is 225 Å². The van der Waals surface area contributed by atoms with Crippen molar-refractivity contribution in [2.24, 2.45) is 5.41 Å². The Morgan fingerprint density at radius 3 is 1.66 bits per heavy atom. The van der Waals surface area contributed by atoms with Crippen molar-refractivity contribution in [3.63, 3.8) is 0 Å². The number of allylic oxidation sites excluding steroid dienone is 8. The van der Waals surface area contributed by atoms with Crippen molar-refractivity contribution in [2.75, 3.05) is 0 Å². The smallest absolute Gasteiger partial charge is 0.0215 e. The van der Waals surface area contributed by atoms with Gasteiger partial charge in [0.15, 0.2) is 0 Å². The summed E-state index contributed by atoms with van der Waals surface area (Å²) >= 11 is 0. The lowest BCUT2D eigenvalue weighted by Crippen LogP contribution is -2.26. The Kier molecular flexibility index (Phi) is 19.9. The van der Waals surface area contributed by atoms with E-state index in [-0.39, 0.29) is 16.2 Å². The summed E-state index contributed by atoms with van der Waals surface area (Å²) in [5.41, 5.74) is 23.7. The van der Waals surface area contributed by atoms with Gasteiger partial charge in [-0.15, -0.1) is 0 Å². The molecule has 0 amide bonds. The van der Waals surface area contributed by atoms with E-state index in [2.05, 4.69) is 178 Å². The van der Waals surface area contributed by atoms with Gasteiger partial charge in [0.05, 0.1) is 0 Å². The maximum Gasteiger partial charge on any atom is 0.0215 e. The third-order valence-electron chi connectivity index (χ3n) is 15.6. The molecular weight excluding hydrogens is 769 g/mol. The van der Waals surface area contributed by atoms with Gasteiger partial charge in [0.2, 0.25) is 0 Å². The van der Waals surface area contributed by atoms with Crippen molar-refractivity contribution < 1.29 is 0 Å². The van der Waals surface area contributed by atoms with E-state index in [9.17, 15) is 0 Å². The molecule has 1 atom stereocenters. The van der Waals surface area contributed by atoms with Crippen LogP contribution in [0.4, 0.5) is 0 Å². The zero-order valence-electron chi connectivity index (χ0n) is 44.9. The van der Waals surface area contributed by atoms with E-state index in [4.69, 9.17) is 0 Å². The van der Waals surface area contributed by atoms with Crippen LogP contribution >= 0.6 is 0 Å². The van der Waals surface area contributed by atoms with Crippen molar-refractivity contribution >= 4 is 16.7 Å². The molecule has 0 radical (unpaired) electrons. The van der Waals surface area contributed by atoms with E-state index < -0.39 is 0 Å². The molecule has 1 unspecified atom stereocenters. The van der Waals surface area contributed by atoms with Gasteiger partial charge >= 0.3 is 0 Å². The zero-order valence-corrected chi connectivity index (χ0v) is 44.9. The fourth-order valence-corrected chi connectivity index (χ4v) is 10.8. The second-order valence-electron chi connectivity index (χ2n) is 22.5. The molecule has 0 spiro atoms. The van der Waals surface area contributed by atoms with Gasteiger partial charge in [-0.05, 0) is 168 Å². The minimum Gasteiger partial charge on any atom is -0.0654 e. The number of fused-ring (bicyclic) bond motifs is 3. The summed E-state index contributed by atoms with van der Waals surface area (Å²) in [6, 6.07) is 20.1. The Labute approximate surface area is 397 Å². The summed E-state index contributed by atoms with van der Waals surface area (Å²) in [4.78, 5) is 0. The molecule has 0 fully saturated rings. The van der Waals surface area contributed by atoms with Crippen LogP contribution in [-0.4, -0.2) is 0 Å². The van der Waals surface area contributed by atoms with E-state index in [1.165, 1.54) is 168 Å². The lowest BCUT2D eigenvalue weighted by Gasteiger charge is -2.34. The highest BCUT2D eigenvalue weighted by molar-refractivity contribution is 5.85. The Morgan fingerprint density at radius 1 is 0.594 bits per heavy atom. The van der Waals surface area contributed by atoms with Gasteiger partial charge in [0, 0.05) is 5.41 Å². The molecule has 352 valence electrons. The molecule has 0 saturated heterocycles. The molecule has 3 aromatic carbocycles. The van der Waals surface area contributed by atoms with Crippen molar-refractivity contribution in [1.29, 1.82) is 0 Å². The van der Waals surface area contributed by atoms with Crippen LogP contribution in [0.15, 0.2) is 77.4 Å². The highest BCUT2D eigenvalue weighted by atomic mass is 14.5. The summed E-state index contributed by atoms with van der Waals surface area (Å²) in [6.45, 7) is 40.0. The lowest BCUT2D eigenvalue weighted by molar-refractivity contribution is 0.397. The normalized spacial score (nSPS) is 15.5. The topological polar surface area (TPSA) is 0 Å². The van der Waals surface area contributed by atoms with Gasteiger partial charge in [-0.2, -0.15) is 0 Å². The molecule has 0 saturated carbocycles. The lowest BCUT2D eigenvalue weighted by atomic mass is 9.69. The van der Waals surface area contributed by atoms with E-state index in [1.807, 2.05) is 0 Å². The van der Waals surface area contributed by atoms with Crippen molar-refractivity contribution in [2.45, 2.75) is 244 Å². The van der Waals surface area contributed by atoms with Crippen molar-refractivity contribution in [1.82, 2.24) is 0 Å². The van der Waals surface area contributed by atoms with Crippen LogP contribution in [-0.2, 0) is 10.8 Å². The van der Waals surface area contributed by atoms with Crippen LogP contribution in [0.2, 0.25) is 0 Å². The van der Waals surface area contributed by atoms with Crippen LogP contribution < -0.4 is 0 Å². The van der Waals surface area contributed by atoms with Crippen LogP contribution in [0.5, 0.6) is 0 Å². The van der Waals surface area contributed by atoms with Crippen LogP contribution in [0.3, 0.4) is 0 Å². The summed E-state index contributed by atoms with van der Waals surface area (Å²) in [5.74, 6) is 0.482. The first kappa shape index (κ1) is 53.2. The Balaban J connectivity index is 1.87. The molecule has 1 aliphatic carbocycles. The summed E-state index contributed by atoms with van der Waals surface area (Å²) in [6.07, 6.45) is 26.9. The molecule has 0 N–H and O–H groups in total. The van der Waals surface area contributed by atoms with Gasteiger partial charge in [-0.25, -0.2) is 0 Å². The molecule has 0 nitrogen and oxygen atoms in total. The molecule has 0 heterocycles. The quantitative estimate of drug-likeness (QED) is 0.0658. The average molecular weight is 865 g/mol. The summed E-state index contributed by atoms with van der Waals surface area (Å²) < 4.78 is 0. The van der Waals surface area contributed by atoms with Crippen molar-refractivity contribution in [3.05, 3.63) is 122 Å². The molecule has 64 heavy (non-hydrogen) atoms. The van der Waals surface area contributed by atoms with Crippen LogP contribution in [0, 0.1) is 12.3 Å². The second kappa shape index (κ2) is 23.9. The Bertz CT molecular complexity index is 2100. The van der Waals surface area contributed by atoms with Gasteiger partial charge < -0.3 is 0 Å². The zero-order chi connectivity index (χ0) is 47.4. The molecule has 0 aromatic heterocycles.